The zero-order valence-electron chi connectivity index (χ0n) is 8.46. The van der Waals surface area contributed by atoms with Gasteiger partial charge in [-0.15, -0.1) is 0 Å². The van der Waals surface area contributed by atoms with Crippen LogP contribution in [-0.4, -0.2) is 18.3 Å². The quantitative estimate of drug-likeness (QED) is 0.900. The minimum Gasteiger partial charge on any atom is -0.496 e. The number of methoxy groups -OCH3 is 1. The van der Waals surface area contributed by atoms with Crippen LogP contribution >= 0.6 is 15.9 Å². The van der Waals surface area contributed by atoms with Crippen molar-refractivity contribution in [2.75, 3.05) is 7.11 Å². The molecule has 0 fully saturated rings. The molecule has 0 bridgehead atoms. The van der Waals surface area contributed by atoms with Gasteiger partial charge in [-0.3, -0.25) is 0 Å². The zero-order valence-corrected chi connectivity index (χ0v) is 10.0. The molecule has 1 N–H and O–H groups in total. The van der Waals surface area contributed by atoms with Crippen LogP contribution in [0.15, 0.2) is 22.7 Å². The molecule has 78 valence electrons. The summed E-state index contributed by atoms with van der Waals surface area (Å²) >= 11 is 3.41. The first-order valence-electron chi connectivity index (χ1n) is 4.67. The summed E-state index contributed by atoms with van der Waals surface area (Å²) in [6.45, 7) is 1.98. The SMILES string of the molecule is CCC(O)Cc1ccc(OC)c(Br)c1. The van der Waals surface area contributed by atoms with Gasteiger partial charge in [0.2, 0.25) is 0 Å². The van der Waals surface area contributed by atoms with Crippen molar-refractivity contribution in [2.45, 2.75) is 25.9 Å². The Bertz CT molecular complexity index is 299. The van der Waals surface area contributed by atoms with E-state index >= 15 is 0 Å². The number of rotatable bonds is 4. The molecule has 0 spiro atoms. The van der Waals surface area contributed by atoms with E-state index in [1.54, 1.807) is 7.11 Å². The second-order valence-corrected chi connectivity index (χ2v) is 4.09. The van der Waals surface area contributed by atoms with Gasteiger partial charge in [-0.05, 0) is 46.5 Å². The molecule has 14 heavy (non-hydrogen) atoms. The molecule has 0 saturated heterocycles. The summed E-state index contributed by atoms with van der Waals surface area (Å²) in [6.07, 6.45) is 1.22. The summed E-state index contributed by atoms with van der Waals surface area (Å²) in [7, 11) is 1.64. The van der Waals surface area contributed by atoms with Gasteiger partial charge in [-0.25, -0.2) is 0 Å². The standard InChI is InChI=1S/C11H15BrO2/c1-3-9(13)6-8-4-5-11(14-2)10(12)7-8/h4-5,7,9,13H,3,6H2,1-2H3. The highest BCUT2D eigenvalue weighted by Gasteiger charge is 2.05. The van der Waals surface area contributed by atoms with E-state index in [0.29, 0.717) is 6.42 Å². The van der Waals surface area contributed by atoms with Crippen molar-refractivity contribution in [3.63, 3.8) is 0 Å². The molecular formula is C11H15BrO2. The normalized spacial score (nSPS) is 12.6. The second kappa shape index (κ2) is 5.37. The topological polar surface area (TPSA) is 29.5 Å². The summed E-state index contributed by atoms with van der Waals surface area (Å²) in [5.41, 5.74) is 1.12. The predicted octanol–water partition coefficient (Wildman–Crippen LogP) is 2.77. The molecule has 0 amide bonds. The molecular weight excluding hydrogens is 244 g/mol. The molecule has 1 atom stereocenters. The molecule has 0 aliphatic carbocycles. The van der Waals surface area contributed by atoms with E-state index in [2.05, 4.69) is 15.9 Å². The van der Waals surface area contributed by atoms with Gasteiger partial charge in [0.05, 0.1) is 17.7 Å². The van der Waals surface area contributed by atoms with Crippen molar-refractivity contribution in [1.82, 2.24) is 0 Å². The molecule has 1 unspecified atom stereocenters. The Morgan fingerprint density at radius 1 is 1.50 bits per heavy atom. The Hall–Kier alpha value is -0.540. The third-order valence-electron chi connectivity index (χ3n) is 2.16. The van der Waals surface area contributed by atoms with Crippen molar-refractivity contribution >= 4 is 15.9 Å². The average molecular weight is 259 g/mol. The lowest BCUT2D eigenvalue weighted by Crippen LogP contribution is -2.08. The Morgan fingerprint density at radius 3 is 2.71 bits per heavy atom. The van der Waals surface area contributed by atoms with Gasteiger partial charge in [-0.2, -0.15) is 0 Å². The number of benzene rings is 1. The minimum absolute atomic E-state index is 0.254. The van der Waals surface area contributed by atoms with E-state index in [1.807, 2.05) is 25.1 Å². The van der Waals surface area contributed by atoms with Crippen LogP contribution < -0.4 is 4.74 Å². The number of halogens is 1. The van der Waals surface area contributed by atoms with Gasteiger partial charge < -0.3 is 9.84 Å². The van der Waals surface area contributed by atoms with Crippen LogP contribution in [0.2, 0.25) is 0 Å². The lowest BCUT2D eigenvalue weighted by atomic mass is 10.1. The molecule has 0 aromatic heterocycles. The van der Waals surface area contributed by atoms with Gasteiger partial charge in [-0.1, -0.05) is 13.0 Å². The molecule has 1 aromatic carbocycles. The highest BCUT2D eigenvalue weighted by atomic mass is 79.9. The van der Waals surface area contributed by atoms with E-state index in [-0.39, 0.29) is 6.10 Å². The fraction of sp³-hybridized carbons (Fsp3) is 0.455. The maximum absolute atomic E-state index is 9.48. The summed E-state index contributed by atoms with van der Waals surface area (Å²) in [5.74, 6) is 0.819. The fourth-order valence-corrected chi connectivity index (χ4v) is 1.84. The number of ether oxygens (including phenoxy) is 1. The van der Waals surface area contributed by atoms with Gasteiger partial charge in [0.15, 0.2) is 0 Å². The number of hydrogen-bond donors (Lipinski definition) is 1. The van der Waals surface area contributed by atoms with E-state index in [1.165, 1.54) is 0 Å². The van der Waals surface area contributed by atoms with Gasteiger partial charge >= 0.3 is 0 Å². The highest BCUT2D eigenvalue weighted by Crippen LogP contribution is 2.26. The van der Waals surface area contributed by atoms with Crippen LogP contribution in [0, 0.1) is 0 Å². The summed E-state index contributed by atoms with van der Waals surface area (Å²) in [4.78, 5) is 0. The number of aliphatic hydroxyl groups excluding tert-OH is 1. The smallest absolute Gasteiger partial charge is 0.133 e. The predicted molar refractivity (Wildman–Crippen MR) is 60.7 cm³/mol. The van der Waals surface area contributed by atoms with Crippen LogP contribution in [0.4, 0.5) is 0 Å². The second-order valence-electron chi connectivity index (χ2n) is 3.24. The molecule has 0 saturated carbocycles. The molecule has 1 aromatic rings. The van der Waals surface area contributed by atoms with E-state index in [9.17, 15) is 5.11 Å². The van der Waals surface area contributed by atoms with Crippen LogP contribution in [0.5, 0.6) is 5.75 Å². The highest BCUT2D eigenvalue weighted by molar-refractivity contribution is 9.10. The third-order valence-corrected chi connectivity index (χ3v) is 2.78. The number of hydrogen-bond acceptors (Lipinski definition) is 2. The third kappa shape index (κ3) is 3.00. The lowest BCUT2D eigenvalue weighted by molar-refractivity contribution is 0.171. The largest absolute Gasteiger partial charge is 0.496 e. The van der Waals surface area contributed by atoms with Crippen LogP contribution in [0.3, 0.4) is 0 Å². The Kier molecular flexibility index (Phi) is 4.42. The molecule has 0 radical (unpaired) electrons. The first-order chi connectivity index (χ1) is 6.67. The van der Waals surface area contributed by atoms with Crippen LogP contribution in [-0.2, 0) is 6.42 Å². The van der Waals surface area contributed by atoms with E-state index in [0.717, 1.165) is 22.2 Å². The van der Waals surface area contributed by atoms with Crippen molar-refractivity contribution < 1.29 is 9.84 Å². The van der Waals surface area contributed by atoms with E-state index in [4.69, 9.17) is 4.74 Å². The van der Waals surface area contributed by atoms with Crippen molar-refractivity contribution in [2.24, 2.45) is 0 Å². The van der Waals surface area contributed by atoms with Crippen molar-refractivity contribution in [3.8, 4) is 5.75 Å². The Morgan fingerprint density at radius 2 is 2.21 bits per heavy atom. The Labute approximate surface area is 93.0 Å². The first kappa shape index (κ1) is 11.5. The molecule has 0 aliphatic rings. The van der Waals surface area contributed by atoms with E-state index < -0.39 is 0 Å². The maximum atomic E-state index is 9.48. The van der Waals surface area contributed by atoms with Crippen molar-refractivity contribution in [1.29, 1.82) is 0 Å². The summed E-state index contributed by atoms with van der Waals surface area (Å²) < 4.78 is 6.05. The van der Waals surface area contributed by atoms with Crippen LogP contribution in [0.1, 0.15) is 18.9 Å². The lowest BCUT2D eigenvalue weighted by Gasteiger charge is -2.09. The van der Waals surface area contributed by atoms with Crippen LogP contribution in [0.25, 0.3) is 0 Å². The molecule has 1 rings (SSSR count). The van der Waals surface area contributed by atoms with Crippen molar-refractivity contribution in [3.05, 3.63) is 28.2 Å². The Balaban J connectivity index is 2.76. The molecule has 0 aliphatic heterocycles. The average Bonchev–Trinajstić information content (AvgIpc) is 2.18. The van der Waals surface area contributed by atoms with Gasteiger partial charge in [0.1, 0.15) is 5.75 Å². The van der Waals surface area contributed by atoms with Gasteiger partial charge in [0.25, 0.3) is 0 Å². The first-order valence-corrected chi connectivity index (χ1v) is 5.47. The molecule has 3 heteroatoms. The fourth-order valence-electron chi connectivity index (χ4n) is 1.25. The zero-order chi connectivity index (χ0) is 10.6. The molecule has 0 heterocycles. The number of aliphatic hydroxyl groups is 1. The molecule has 2 nitrogen and oxygen atoms in total. The summed E-state index contributed by atoms with van der Waals surface area (Å²) in [6, 6.07) is 5.86. The monoisotopic (exact) mass is 258 g/mol. The van der Waals surface area contributed by atoms with Gasteiger partial charge in [0, 0.05) is 0 Å². The summed E-state index contributed by atoms with van der Waals surface area (Å²) in [5, 5.41) is 9.48. The minimum atomic E-state index is -0.254. The maximum Gasteiger partial charge on any atom is 0.133 e.